The number of hydrogen-bond acceptors (Lipinski definition) is 6. The van der Waals surface area contributed by atoms with Crippen LogP contribution in [-0.2, 0) is 17.9 Å². The molecule has 1 heterocycles. The summed E-state index contributed by atoms with van der Waals surface area (Å²) < 4.78 is 44.8. The molecule has 0 bridgehead atoms. The van der Waals surface area contributed by atoms with Gasteiger partial charge in [-0.3, -0.25) is 9.59 Å². The minimum atomic E-state index is -0.667. The molecule has 9 heteroatoms. The van der Waals surface area contributed by atoms with Crippen molar-refractivity contribution < 1.29 is 27.8 Å². The van der Waals surface area contributed by atoms with E-state index in [9.17, 15) is 23.6 Å². The van der Waals surface area contributed by atoms with Crippen LogP contribution in [0.4, 0.5) is 8.78 Å². The maximum absolute atomic E-state index is 14.0. The fourth-order valence-corrected chi connectivity index (χ4v) is 3.31. The number of ether oxygens (including phenoxy) is 3. The largest absolute Gasteiger partial charge is 0.494 e. The van der Waals surface area contributed by atoms with Crippen LogP contribution in [0.5, 0.6) is 11.5 Å². The van der Waals surface area contributed by atoms with E-state index in [2.05, 4.69) is 0 Å². The Morgan fingerprint density at radius 2 is 1.85 bits per heavy atom. The molecule has 0 aliphatic rings. The van der Waals surface area contributed by atoms with Crippen LogP contribution in [0.2, 0.25) is 0 Å². The van der Waals surface area contributed by atoms with E-state index in [0.29, 0.717) is 18.6 Å². The van der Waals surface area contributed by atoms with Crippen LogP contribution < -0.4 is 15.0 Å². The summed E-state index contributed by atoms with van der Waals surface area (Å²) in [5, 5.41) is 9.34. The summed E-state index contributed by atoms with van der Waals surface area (Å²) in [4.78, 5) is 25.7. The van der Waals surface area contributed by atoms with Gasteiger partial charge in [0, 0.05) is 32.0 Å². The lowest BCUT2D eigenvalue weighted by Crippen LogP contribution is -2.24. The minimum Gasteiger partial charge on any atom is -0.494 e. The van der Waals surface area contributed by atoms with Crippen LogP contribution in [0.1, 0.15) is 33.5 Å². The summed E-state index contributed by atoms with van der Waals surface area (Å²) in [5.74, 6) is -1.72. The molecule has 0 N–H and O–H groups in total. The average Bonchev–Trinajstić information content (AvgIpc) is 2.84. The number of methoxy groups -OCH3 is 2. The van der Waals surface area contributed by atoms with Gasteiger partial charge in [0.25, 0.3) is 5.56 Å². The first kappa shape index (κ1) is 24.6. The number of benzene rings is 2. The molecule has 0 amide bonds. The van der Waals surface area contributed by atoms with Gasteiger partial charge in [-0.1, -0.05) is 6.07 Å². The van der Waals surface area contributed by atoms with Crippen LogP contribution in [0.15, 0.2) is 53.5 Å². The van der Waals surface area contributed by atoms with Crippen molar-refractivity contribution in [2.75, 3.05) is 20.8 Å². The van der Waals surface area contributed by atoms with Crippen molar-refractivity contribution in [3.05, 3.63) is 92.9 Å². The molecular formula is C25H22F2N2O5. The quantitative estimate of drug-likeness (QED) is 0.332. The molecule has 0 saturated heterocycles. The molecule has 1 aromatic heterocycles. The maximum Gasteiger partial charge on any atom is 0.268 e. The Morgan fingerprint density at radius 1 is 1.09 bits per heavy atom. The molecule has 0 spiro atoms. The predicted molar refractivity (Wildman–Crippen MR) is 119 cm³/mol. The first-order valence-corrected chi connectivity index (χ1v) is 10.3. The van der Waals surface area contributed by atoms with E-state index in [-0.39, 0.29) is 41.3 Å². The summed E-state index contributed by atoms with van der Waals surface area (Å²) in [6.45, 7) is 0.533. The minimum absolute atomic E-state index is 0.0273. The molecule has 0 radical (unpaired) electrons. The SMILES string of the molecule is COCCCn1cc(C(=O)c2cc(F)ccc2OCc2ccc(OC)c(F)c2)cc(C#N)c1=O. The number of rotatable bonds is 10. The second-order valence-electron chi connectivity index (χ2n) is 7.33. The highest BCUT2D eigenvalue weighted by atomic mass is 19.1. The molecule has 3 aromatic rings. The van der Waals surface area contributed by atoms with Gasteiger partial charge in [0.15, 0.2) is 17.3 Å². The lowest BCUT2D eigenvalue weighted by Gasteiger charge is -2.13. The smallest absolute Gasteiger partial charge is 0.268 e. The Labute approximate surface area is 194 Å². The number of ketones is 1. The molecule has 0 fully saturated rings. The van der Waals surface area contributed by atoms with Crippen LogP contribution in [0, 0.1) is 23.0 Å². The van der Waals surface area contributed by atoms with Gasteiger partial charge in [-0.05, 0) is 48.4 Å². The van der Waals surface area contributed by atoms with Gasteiger partial charge >= 0.3 is 0 Å². The number of pyridine rings is 1. The number of aromatic nitrogens is 1. The fourth-order valence-electron chi connectivity index (χ4n) is 3.31. The van der Waals surface area contributed by atoms with Crippen molar-refractivity contribution >= 4 is 5.78 Å². The van der Waals surface area contributed by atoms with Crippen molar-refractivity contribution in [3.63, 3.8) is 0 Å². The van der Waals surface area contributed by atoms with E-state index >= 15 is 0 Å². The Morgan fingerprint density at radius 3 is 2.53 bits per heavy atom. The number of aryl methyl sites for hydroxylation is 1. The molecule has 176 valence electrons. The van der Waals surface area contributed by atoms with Crippen molar-refractivity contribution in [3.8, 4) is 17.6 Å². The number of halogens is 2. The van der Waals surface area contributed by atoms with Crippen molar-refractivity contribution in [1.82, 2.24) is 4.57 Å². The van der Waals surface area contributed by atoms with E-state index in [1.807, 2.05) is 0 Å². The molecule has 0 saturated carbocycles. The standard InChI is InChI=1S/C25H22F2N2O5/c1-32-9-3-8-29-14-18(11-17(13-28)25(29)31)24(30)20-12-19(26)5-7-22(20)34-15-16-4-6-23(33-2)21(27)10-16/h4-7,10-12,14H,3,8-9,15H2,1-2H3. The zero-order chi connectivity index (χ0) is 24.7. The molecule has 34 heavy (non-hydrogen) atoms. The Hall–Kier alpha value is -4.03. The highest BCUT2D eigenvalue weighted by Gasteiger charge is 2.19. The van der Waals surface area contributed by atoms with Crippen molar-refractivity contribution in [1.29, 1.82) is 5.26 Å². The van der Waals surface area contributed by atoms with E-state index < -0.39 is 23.0 Å². The molecule has 0 aliphatic heterocycles. The van der Waals surface area contributed by atoms with E-state index in [1.54, 1.807) is 12.1 Å². The van der Waals surface area contributed by atoms with Gasteiger partial charge in [-0.2, -0.15) is 5.26 Å². The van der Waals surface area contributed by atoms with Gasteiger partial charge in [0.05, 0.1) is 12.7 Å². The van der Waals surface area contributed by atoms with Gasteiger partial charge in [-0.15, -0.1) is 0 Å². The van der Waals surface area contributed by atoms with Crippen molar-refractivity contribution in [2.45, 2.75) is 19.6 Å². The molecule has 7 nitrogen and oxygen atoms in total. The molecule has 0 aliphatic carbocycles. The fraction of sp³-hybridized carbons (Fsp3) is 0.240. The van der Waals surface area contributed by atoms with Crippen molar-refractivity contribution in [2.24, 2.45) is 0 Å². The van der Waals surface area contributed by atoms with Gasteiger partial charge in [0.1, 0.15) is 29.8 Å². The summed E-state index contributed by atoms with van der Waals surface area (Å²) in [6.07, 6.45) is 1.82. The topological polar surface area (TPSA) is 90.5 Å². The van der Waals surface area contributed by atoms with E-state index in [0.717, 1.165) is 12.1 Å². The molecular weight excluding hydrogens is 446 g/mol. The van der Waals surface area contributed by atoms with Crippen LogP contribution >= 0.6 is 0 Å². The van der Waals surface area contributed by atoms with Crippen LogP contribution in [0.25, 0.3) is 0 Å². The molecule has 0 unspecified atom stereocenters. The summed E-state index contributed by atoms with van der Waals surface area (Å²) in [5.41, 5.74) is -0.345. The van der Waals surface area contributed by atoms with Crippen LogP contribution in [0.3, 0.4) is 0 Å². The third-order valence-corrected chi connectivity index (χ3v) is 5.01. The second-order valence-corrected chi connectivity index (χ2v) is 7.33. The normalized spacial score (nSPS) is 10.6. The molecule has 2 aromatic carbocycles. The third-order valence-electron chi connectivity index (χ3n) is 5.01. The zero-order valence-corrected chi connectivity index (χ0v) is 18.6. The Kier molecular flexibility index (Phi) is 8.11. The molecule has 0 atom stereocenters. The first-order valence-electron chi connectivity index (χ1n) is 10.3. The monoisotopic (exact) mass is 468 g/mol. The van der Waals surface area contributed by atoms with E-state index in [1.165, 1.54) is 49.2 Å². The Bertz CT molecular complexity index is 1300. The predicted octanol–water partition coefficient (Wildman–Crippen LogP) is 3.85. The number of carbonyl (C=O) groups is 1. The second kappa shape index (κ2) is 11.2. The zero-order valence-electron chi connectivity index (χ0n) is 18.6. The maximum atomic E-state index is 14.0. The van der Waals surface area contributed by atoms with Gasteiger partial charge < -0.3 is 18.8 Å². The summed E-state index contributed by atoms with van der Waals surface area (Å²) >= 11 is 0. The highest BCUT2D eigenvalue weighted by Crippen LogP contribution is 2.25. The average molecular weight is 468 g/mol. The number of carbonyl (C=O) groups excluding carboxylic acids is 1. The third kappa shape index (κ3) is 5.66. The van der Waals surface area contributed by atoms with Gasteiger partial charge in [0.2, 0.25) is 0 Å². The van der Waals surface area contributed by atoms with E-state index in [4.69, 9.17) is 14.2 Å². The first-order chi connectivity index (χ1) is 16.4. The number of nitrogens with zero attached hydrogens (tertiary/aromatic N) is 2. The summed E-state index contributed by atoms with van der Waals surface area (Å²) in [7, 11) is 2.87. The lowest BCUT2D eigenvalue weighted by atomic mass is 10.0. The molecule has 3 rings (SSSR count). The van der Waals surface area contributed by atoms with Gasteiger partial charge in [-0.25, -0.2) is 8.78 Å². The lowest BCUT2D eigenvalue weighted by molar-refractivity contribution is 0.103. The highest BCUT2D eigenvalue weighted by molar-refractivity contribution is 6.10. The van der Waals surface area contributed by atoms with Crippen LogP contribution in [-0.4, -0.2) is 31.2 Å². The number of hydrogen-bond donors (Lipinski definition) is 0. The number of nitriles is 1. The Balaban J connectivity index is 1.92. The summed E-state index contributed by atoms with van der Waals surface area (Å²) in [6, 6.07) is 10.7.